The summed E-state index contributed by atoms with van der Waals surface area (Å²) in [5.41, 5.74) is 4.92. The van der Waals surface area contributed by atoms with E-state index in [0.717, 1.165) is 0 Å². The Morgan fingerprint density at radius 3 is 1.94 bits per heavy atom. The van der Waals surface area contributed by atoms with Crippen molar-refractivity contribution in [3.8, 4) is 0 Å². The van der Waals surface area contributed by atoms with Gasteiger partial charge in [-0.15, -0.1) is 0 Å². The fourth-order valence-corrected chi connectivity index (χ4v) is 2.76. The quantitative estimate of drug-likeness (QED) is 0.145. The van der Waals surface area contributed by atoms with Crippen molar-refractivity contribution in [2.75, 3.05) is 32.8 Å². The zero-order valence-electron chi connectivity index (χ0n) is 19.6. The van der Waals surface area contributed by atoms with Gasteiger partial charge in [0, 0.05) is 13.5 Å². The first-order valence-corrected chi connectivity index (χ1v) is 10.7. The number of nitrogens with zero attached hydrogens (tertiary/aromatic N) is 1. The number of nitrogens with one attached hydrogen (secondary N) is 4. The normalized spacial score (nSPS) is 12.3. The predicted octanol–water partition coefficient (Wildman–Crippen LogP) is -3.03. The molecule has 0 rings (SSSR count). The van der Waals surface area contributed by atoms with E-state index in [1.807, 2.05) is 20.8 Å². The Bertz CT molecular complexity index is 713. The molecule has 0 bridgehead atoms. The molecule has 2 atom stereocenters. The van der Waals surface area contributed by atoms with E-state index in [4.69, 9.17) is 5.73 Å². The number of aliphatic hydroxyl groups excluding tert-OH is 1. The lowest BCUT2D eigenvalue weighted by Gasteiger charge is -2.24. The standard InChI is InChI=1S/C20H36N6O7/c1-5-6-26(13(4)28)10-18(31)24-14(7-12(2)3)19(32)23-9-17(30)25-15(11-27)20(33)22-8-16(21)29/h12,14-15,27H,5-11H2,1-4H3,(H2,21,29)(H,22,33)(H,23,32)(H,24,31)(H,25,30)/t14-,15?/m0/s1. The average Bonchev–Trinajstić information content (AvgIpc) is 2.72. The zero-order chi connectivity index (χ0) is 25.6. The maximum atomic E-state index is 12.6. The van der Waals surface area contributed by atoms with Gasteiger partial charge in [-0.25, -0.2) is 0 Å². The smallest absolute Gasteiger partial charge is 0.245 e. The van der Waals surface area contributed by atoms with Crippen LogP contribution in [-0.4, -0.2) is 90.3 Å². The largest absolute Gasteiger partial charge is 0.394 e. The number of carbonyl (C=O) groups excluding carboxylic acids is 6. The SMILES string of the molecule is CCCN(CC(=O)N[C@@H](CC(C)C)C(=O)NCC(=O)NC(CO)C(=O)NCC(N)=O)C(C)=O. The van der Waals surface area contributed by atoms with E-state index in [1.54, 1.807) is 0 Å². The van der Waals surface area contributed by atoms with Gasteiger partial charge in [-0.1, -0.05) is 20.8 Å². The molecule has 0 saturated heterocycles. The van der Waals surface area contributed by atoms with Crippen molar-refractivity contribution in [2.24, 2.45) is 11.7 Å². The molecule has 0 aromatic rings. The lowest BCUT2D eigenvalue weighted by atomic mass is 10.0. The molecule has 7 N–H and O–H groups in total. The first-order chi connectivity index (χ1) is 15.4. The van der Waals surface area contributed by atoms with Crippen molar-refractivity contribution >= 4 is 35.4 Å². The summed E-state index contributed by atoms with van der Waals surface area (Å²) in [6.45, 7) is 5.44. The molecule has 13 heteroatoms. The van der Waals surface area contributed by atoms with Crippen LogP contribution in [0.15, 0.2) is 0 Å². The number of hydrogen-bond acceptors (Lipinski definition) is 7. The van der Waals surface area contributed by atoms with Crippen LogP contribution in [0.25, 0.3) is 0 Å². The highest BCUT2D eigenvalue weighted by Crippen LogP contribution is 2.05. The topological polar surface area (TPSA) is 200 Å². The second kappa shape index (κ2) is 15.6. The third kappa shape index (κ3) is 13.0. The van der Waals surface area contributed by atoms with Gasteiger partial charge in [0.25, 0.3) is 0 Å². The van der Waals surface area contributed by atoms with Crippen molar-refractivity contribution < 1.29 is 33.9 Å². The molecule has 0 radical (unpaired) electrons. The number of hydrogen-bond donors (Lipinski definition) is 6. The summed E-state index contributed by atoms with van der Waals surface area (Å²) in [7, 11) is 0. The molecule has 33 heavy (non-hydrogen) atoms. The summed E-state index contributed by atoms with van der Waals surface area (Å²) in [5.74, 6) is -3.71. The van der Waals surface area contributed by atoms with Crippen LogP contribution >= 0.6 is 0 Å². The van der Waals surface area contributed by atoms with Crippen LogP contribution in [-0.2, 0) is 28.8 Å². The Morgan fingerprint density at radius 2 is 1.45 bits per heavy atom. The minimum Gasteiger partial charge on any atom is -0.394 e. The van der Waals surface area contributed by atoms with Crippen molar-refractivity contribution in [2.45, 2.75) is 52.6 Å². The van der Waals surface area contributed by atoms with Crippen molar-refractivity contribution in [1.29, 1.82) is 0 Å². The van der Waals surface area contributed by atoms with Gasteiger partial charge in [0.05, 0.1) is 26.2 Å². The Balaban J connectivity index is 4.89. The Morgan fingerprint density at radius 1 is 0.909 bits per heavy atom. The summed E-state index contributed by atoms with van der Waals surface area (Å²) in [5, 5.41) is 18.6. The van der Waals surface area contributed by atoms with E-state index < -0.39 is 61.3 Å². The maximum Gasteiger partial charge on any atom is 0.245 e. The Kier molecular flexibility index (Phi) is 14.0. The highest BCUT2D eigenvalue weighted by Gasteiger charge is 2.25. The Hall–Kier alpha value is -3.22. The highest BCUT2D eigenvalue weighted by atomic mass is 16.3. The van der Waals surface area contributed by atoms with Gasteiger partial charge in [-0.2, -0.15) is 0 Å². The molecule has 6 amide bonds. The predicted molar refractivity (Wildman–Crippen MR) is 118 cm³/mol. The molecule has 188 valence electrons. The number of aliphatic hydroxyl groups is 1. The molecule has 0 saturated carbocycles. The van der Waals surface area contributed by atoms with Crippen LogP contribution in [0.5, 0.6) is 0 Å². The van der Waals surface area contributed by atoms with E-state index >= 15 is 0 Å². The fraction of sp³-hybridized carbons (Fsp3) is 0.700. The number of nitrogens with two attached hydrogens (primary N) is 1. The van der Waals surface area contributed by atoms with Crippen LogP contribution in [0.1, 0.15) is 40.5 Å². The van der Waals surface area contributed by atoms with Crippen LogP contribution < -0.4 is 27.0 Å². The minimum atomic E-state index is -1.34. The Labute approximate surface area is 193 Å². The fourth-order valence-electron chi connectivity index (χ4n) is 2.76. The van der Waals surface area contributed by atoms with Gasteiger partial charge >= 0.3 is 0 Å². The van der Waals surface area contributed by atoms with Crippen LogP contribution in [0.4, 0.5) is 0 Å². The van der Waals surface area contributed by atoms with E-state index in [1.165, 1.54) is 11.8 Å². The molecule has 1 unspecified atom stereocenters. The number of primary amides is 1. The molecule has 0 fully saturated rings. The first kappa shape index (κ1) is 29.8. The average molecular weight is 473 g/mol. The minimum absolute atomic E-state index is 0.0437. The maximum absolute atomic E-state index is 12.6. The van der Waals surface area contributed by atoms with E-state index in [9.17, 15) is 33.9 Å². The van der Waals surface area contributed by atoms with Crippen LogP contribution in [0.3, 0.4) is 0 Å². The van der Waals surface area contributed by atoms with E-state index in [0.29, 0.717) is 19.4 Å². The summed E-state index contributed by atoms with van der Waals surface area (Å²) >= 11 is 0. The molecule has 0 aliphatic rings. The summed E-state index contributed by atoms with van der Waals surface area (Å²) in [4.78, 5) is 72.6. The first-order valence-electron chi connectivity index (χ1n) is 10.7. The monoisotopic (exact) mass is 472 g/mol. The second-order valence-corrected chi connectivity index (χ2v) is 7.89. The van der Waals surface area contributed by atoms with Gasteiger partial charge in [0.2, 0.25) is 35.4 Å². The summed E-state index contributed by atoms with van der Waals surface area (Å²) < 4.78 is 0. The lowest BCUT2D eigenvalue weighted by Crippen LogP contribution is -2.54. The van der Waals surface area contributed by atoms with Crippen molar-refractivity contribution in [3.05, 3.63) is 0 Å². The van der Waals surface area contributed by atoms with Crippen molar-refractivity contribution in [1.82, 2.24) is 26.2 Å². The molecule has 13 nitrogen and oxygen atoms in total. The molecular weight excluding hydrogens is 436 g/mol. The molecule has 0 aliphatic heterocycles. The zero-order valence-corrected chi connectivity index (χ0v) is 19.6. The van der Waals surface area contributed by atoms with E-state index in [-0.39, 0.29) is 18.4 Å². The number of carbonyl (C=O) groups is 6. The summed E-state index contributed by atoms with van der Waals surface area (Å²) in [6, 6.07) is -2.27. The van der Waals surface area contributed by atoms with Crippen LogP contribution in [0, 0.1) is 5.92 Å². The lowest BCUT2D eigenvalue weighted by molar-refractivity contribution is -0.136. The van der Waals surface area contributed by atoms with Gasteiger partial charge in [-0.3, -0.25) is 28.8 Å². The van der Waals surface area contributed by atoms with Gasteiger partial charge in [0.15, 0.2) is 0 Å². The third-order valence-electron chi connectivity index (χ3n) is 4.33. The molecular formula is C20H36N6O7. The molecule has 0 aromatic heterocycles. The summed E-state index contributed by atoms with van der Waals surface area (Å²) in [6.07, 6.45) is 0.967. The van der Waals surface area contributed by atoms with E-state index in [2.05, 4.69) is 21.3 Å². The van der Waals surface area contributed by atoms with Gasteiger partial charge in [0.1, 0.15) is 12.1 Å². The third-order valence-corrected chi connectivity index (χ3v) is 4.33. The number of amides is 6. The molecule has 0 spiro atoms. The van der Waals surface area contributed by atoms with Crippen molar-refractivity contribution in [3.63, 3.8) is 0 Å². The molecule has 0 aliphatic carbocycles. The second-order valence-electron chi connectivity index (χ2n) is 7.89. The molecule has 0 aromatic carbocycles. The van der Waals surface area contributed by atoms with Gasteiger partial charge in [-0.05, 0) is 18.8 Å². The van der Waals surface area contributed by atoms with Crippen LogP contribution in [0.2, 0.25) is 0 Å². The number of rotatable bonds is 15. The van der Waals surface area contributed by atoms with Gasteiger partial charge < -0.3 is 37.0 Å². The highest BCUT2D eigenvalue weighted by molar-refractivity contribution is 5.94. The molecule has 0 heterocycles.